The smallest absolute Gasteiger partial charge is 0.251 e. The molecule has 0 aliphatic heterocycles. The van der Waals surface area contributed by atoms with E-state index in [1.807, 2.05) is 0 Å². The molecule has 1 aliphatic carbocycles. The van der Waals surface area contributed by atoms with E-state index < -0.39 is 10.0 Å². The number of benzene rings is 1. The Bertz CT molecular complexity index is 692. The number of sulfonamides is 1. The molecule has 26 heavy (non-hydrogen) atoms. The lowest BCUT2D eigenvalue weighted by Crippen LogP contribution is -2.42. The number of hydrogen-bond donors (Lipinski definition) is 1. The van der Waals surface area contributed by atoms with Gasteiger partial charge >= 0.3 is 0 Å². The largest absolute Gasteiger partial charge is 0.497 e. The summed E-state index contributed by atoms with van der Waals surface area (Å²) >= 11 is 0. The van der Waals surface area contributed by atoms with Crippen LogP contribution >= 0.6 is 0 Å². The molecule has 0 bridgehead atoms. The van der Waals surface area contributed by atoms with Crippen LogP contribution in [0.4, 0.5) is 0 Å². The Morgan fingerprint density at radius 1 is 1.12 bits per heavy atom. The fourth-order valence-corrected chi connectivity index (χ4v) is 4.46. The van der Waals surface area contributed by atoms with Gasteiger partial charge in [-0.05, 0) is 25.0 Å². The summed E-state index contributed by atoms with van der Waals surface area (Å²) in [6.45, 7) is 0.0533. The van der Waals surface area contributed by atoms with Crippen LogP contribution in [0.1, 0.15) is 42.5 Å². The second-order valence-electron chi connectivity index (χ2n) is 6.48. The number of carbonyl (C=O) groups excluding carboxylic acids is 1. The molecule has 1 fully saturated rings. The van der Waals surface area contributed by atoms with E-state index in [4.69, 9.17) is 9.47 Å². The van der Waals surface area contributed by atoms with Gasteiger partial charge in [-0.3, -0.25) is 4.79 Å². The summed E-state index contributed by atoms with van der Waals surface area (Å²) in [6.07, 6.45) is 5.12. The average molecular weight is 384 g/mol. The number of methoxy groups -OCH3 is 2. The number of rotatable bonds is 8. The van der Waals surface area contributed by atoms with Crippen molar-refractivity contribution in [3.05, 3.63) is 23.8 Å². The third kappa shape index (κ3) is 5.35. The van der Waals surface area contributed by atoms with Crippen molar-refractivity contribution >= 4 is 15.9 Å². The lowest BCUT2D eigenvalue weighted by atomic mass is 9.96. The van der Waals surface area contributed by atoms with Crippen molar-refractivity contribution in [3.63, 3.8) is 0 Å². The molecule has 0 saturated heterocycles. The second-order valence-corrected chi connectivity index (χ2v) is 8.63. The van der Waals surface area contributed by atoms with Gasteiger partial charge in [0.2, 0.25) is 10.0 Å². The number of ether oxygens (including phenoxy) is 2. The van der Waals surface area contributed by atoms with Crippen molar-refractivity contribution in [3.8, 4) is 11.5 Å². The maximum absolute atomic E-state index is 12.5. The van der Waals surface area contributed by atoms with Crippen molar-refractivity contribution in [2.24, 2.45) is 0 Å². The van der Waals surface area contributed by atoms with Crippen LogP contribution in [0.3, 0.4) is 0 Å². The van der Waals surface area contributed by atoms with Gasteiger partial charge in [-0.15, -0.1) is 0 Å². The highest BCUT2D eigenvalue weighted by Crippen LogP contribution is 2.24. The first kappa shape index (κ1) is 20.5. The van der Waals surface area contributed by atoms with Crippen LogP contribution in [0.25, 0.3) is 0 Å². The molecule has 0 heterocycles. The molecule has 1 aliphatic rings. The molecule has 7 nitrogen and oxygen atoms in total. The predicted molar refractivity (Wildman–Crippen MR) is 100 cm³/mol. The predicted octanol–water partition coefficient (Wildman–Crippen LogP) is 2.03. The molecule has 2 rings (SSSR count). The number of carbonyl (C=O) groups is 1. The van der Waals surface area contributed by atoms with Crippen LogP contribution in [0, 0.1) is 0 Å². The molecule has 0 radical (unpaired) electrons. The van der Waals surface area contributed by atoms with E-state index in [2.05, 4.69) is 5.32 Å². The monoisotopic (exact) mass is 384 g/mol. The van der Waals surface area contributed by atoms with Gasteiger partial charge in [0, 0.05) is 31.3 Å². The molecule has 8 heteroatoms. The normalized spacial score (nSPS) is 15.7. The van der Waals surface area contributed by atoms with Crippen LogP contribution in [-0.2, 0) is 10.0 Å². The maximum atomic E-state index is 12.5. The second kappa shape index (κ2) is 9.23. The topological polar surface area (TPSA) is 84.9 Å². The zero-order valence-electron chi connectivity index (χ0n) is 15.7. The number of nitrogens with one attached hydrogen (secondary N) is 1. The standard InChI is InChI=1S/C18H28N2O5S/c1-20(15-7-5-4-6-8-15)26(22,23)10-9-19-18(21)14-11-16(24-2)13-17(12-14)25-3/h11-13,15H,4-10H2,1-3H3,(H,19,21). The number of amides is 1. The molecule has 1 aromatic rings. The van der Waals surface area contributed by atoms with Gasteiger partial charge in [0.05, 0.1) is 20.0 Å². The molecule has 1 amide bonds. The quantitative estimate of drug-likeness (QED) is 0.741. The maximum Gasteiger partial charge on any atom is 0.251 e. The summed E-state index contributed by atoms with van der Waals surface area (Å²) in [7, 11) is 1.25. The minimum absolute atomic E-state index is 0.0533. The fourth-order valence-electron chi connectivity index (χ4n) is 3.15. The minimum atomic E-state index is -3.39. The first-order chi connectivity index (χ1) is 12.4. The summed E-state index contributed by atoms with van der Waals surface area (Å²) in [5, 5.41) is 2.66. The van der Waals surface area contributed by atoms with E-state index in [9.17, 15) is 13.2 Å². The Morgan fingerprint density at radius 2 is 1.69 bits per heavy atom. The van der Waals surface area contributed by atoms with Crippen LogP contribution in [0.15, 0.2) is 18.2 Å². The van der Waals surface area contributed by atoms with E-state index >= 15 is 0 Å². The lowest BCUT2D eigenvalue weighted by molar-refractivity contribution is 0.0955. The van der Waals surface area contributed by atoms with Gasteiger partial charge in [0.25, 0.3) is 5.91 Å². The number of hydrogen-bond acceptors (Lipinski definition) is 5. The van der Waals surface area contributed by atoms with Gasteiger partial charge in [-0.2, -0.15) is 0 Å². The van der Waals surface area contributed by atoms with E-state index in [1.54, 1.807) is 25.2 Å². The van der Waals surface area contributed by atoms with E-state index in [0.29, 0.717) is 17.1 Å². The number of nitrogens with zero attached hydrogens (tertiary/aromatic N) is 1. The van der Waals surface area contributed by atoms with Gasteiger partial charge in [-0.25, -0.2) is 12.7 Å². The average Bonchev–Trinajstić information content (AvgIpc) is 2.67. The van der Waals surface area contributed by atoms with Crippen LogP contribution in [-0.4, -0.2) is 58.2 Å². The first-order valence-corrected chi connectivity index (χ1v) is 10.5. The van der Waals surface area contributed by atoms with Crippen LogP contribution in [0.5, 0.6) is 11.5 Å². The molecule has 0 unspecified atom stereocenters. The van der Waals surface area contributed by atoms with E-state index in [0.717, 1.165) is 25.7 Å². The van der Waals surface area contributed by atoms with Gasteiger partial charge in [0.15, 0.2) is 0 Å². The highest BCUT2D eigenvalue weighted by molar-refractivity contribution is 7.89. The molecule has 146 valence electrons. The Labute approximate surface area is 155 Å². The summed E-state index contributed by atoms with van der Waals surface area (Å²) in [6, 6.07) is 4.91. The molecule has 0 aromatic heterocycles. The molecule has 1 aromatic carbocycles. The van der Waals surface area contributed by atoms with Crippen molar-refractivity contribution in [2.75, 3.05) is 33.6 Å². The third-order valence-electron chi connectivity index (χ3n) is 4.79. The minimum Gasteiger partial charge on any atom is -0.497 e. The highest BCUT2D eigenvalue weighted by atomic mass is 32.2. The highest BCUT2D eigenvalue weighted by Gasteiger charge is 2.27. The molecular weight excluding hydrogens is 356 g/mol. The van der Waals surface area contributed by atoms with Gasteiger partial charge < -0.3 is 14.8 Å². The van der Waals surface area contributed by atoms with Crippen LogP contribution in [0.2, 0.25) is 0 Å². The van der Waals surface area contributed by atoms with Gasteiger partial charge in [-0.1, -0.05) is 19.3 Å². The molecule has 1 saturated carbocycles. The SMILES string of the molecule is COc1cc(OC)cc(C(=O)NCCS(=O)(=O)N(C)C2CCCCC2)c1. The van der Waals surface area contributed by atoms with E-state index in [-0.39, 0.29) is 24.2 Å². The van der Waals surface area contributed by atoms with Crippen molar-refractivity contribution in [1.29, 1.82) is 0 Å². The van der Waals surface area contributed by atoms with Crippen molar-refractivity contribution in [1.82, 2.24) is 9.62 Å². The van der Waals surface area contributed by atoms with Crippen LogP contribution < -0.4 is 14.8 Å². The third-order valence-corrected chi connectivity index (χ3v) is 6.68. The molecule has 1 N–H and O–H groups in total. The zero-order valence-corrected chi connectivity index (χ0v) is 16.5. The summed E-state index contributed by atoms with van der Waals surface area (Å²) in [5.74, 6) is 0.517. The first-order valence-electron chi connectivity index (χ1n) is 8.84. The molecule has 0 spiro atoms. The lowest BCUT2D eigenvalue weighted by Gasteiger charge is -2.30. The van der Waals surface area contributed by atoms with E-state index in [1.165, 1.54) is 24.9 Å². The summed E-state index contributed by atoms with van der Waals surface area (Å²) < 4.78 is 36.7. The summed E-state index contributed by atoms with van der Waals surface area (Å²) in [5.41, 5.74) is 0.360. The Balaban J connectivity index is 1.92. The zero-order chi connectivity index (χ0) is 19.2. The fraction of sp³-hybridized carbons (Fsp3) is 0.611. The Morgan fingerprint density at radius 3 is 2.23 bits per heavy atom. The van der Waals surface area contributed by atoms with Crippen molar-refractivity contribution < 1.29 is 22.7 Å². The Hall–Kier alpha value is -1.80. The Kier molecular flexibility index (Phi) is 7.28. The summed E-state index contributed by atoms with van der Waals surface area (Å²) in [4.78, 5) is 12.3. The molecular formula is C18H28N2O5S. The van der Waals surface area contributed by atoms with Gasteiger partial charge in [0.1, 0.15) is 11.5 Å². The van der Waals surface area contributed by atoms with Crippen molar-refractivity contribution in [2.45, 2.75) is 38.1 Å². The molecule has 0 atom stereocenters.